The van der Waals surface area contributed by atoms with E-state index in [1.54, 1.807) is 9.80 Å². The Balaban J connectivity index is 2.13. The second-order valence-electron chi connectivity index (χ2n) is 13.3. The molecule has 0 spiro atoms. The Morgan fingerprint density at radius 3 is 1.67 bits per heavy atom. The van der Waals surface area contributed by atoms with Gasteiger partial charge in [-0.05, 0) is 64.7 Å². The quantitative estimate of drug-likeness (QED) is 0.166. The summed E-state index contributed by atoms with van der Waals surface area (Å²) < 4.78 is 32.6. The maximum Gasteiger partial charge on any atom is 0.407 e. The third-order valence-corrected chi connectivity index (χ3v) is 8.61. The van der Waals surface area contributed by atoms with Gasteiger partial charge in [-0.1, -0.05) is 12.1 Å². The van der Waals surface area contributed by atoms with Gasteiger partial charge >= 0.3 is 24.1 Å². The first-order valence-corrected chi connectivity index (χ1v) is 17.9. The predicted octanol–water partition coefficient (Wildman–Crippen LogP) is 2.92. The van der Waals surface area contributed by atoms with E-state index in [0.717, 1.165) is 11.3 Å². The van der Waals surface area contributed by atoms with Crippen molar-refractivity contribution >= 4 is 24.1 Å². The van der Waals surface area contributed by atoms with Crippen molar-refractivity contribution in [3.63, 3.8) is 0 Å². The molecule has 0 saturated carbocycles. The van der Waals surface area contributed by atoms with Gasteiger partial charge in [0, 0.05) is 59.0 Å². The van der Waals surface area contributed by atoms with Crippen molar-refractivity contribution in [1.29, 1.82) is 0 Å². The highest BCUT2D eigenvalue weighted by molar-refractivity contribution is 5.76. The van der Waals surface area contributed by atoms with E-state index in [2.05, 4.69) is 0 Å². The zero-order valence-corrected chi connectivity index (χ0v) is 31.8. The van der Waals surface area contributed by atoms with Crippen LogP contribution in [0.1, 0.15) is 46.1 Å². The van der Waals surface area contributed by atoms with Crippen LogP contribution in [0.15, 0.2) is 24.3 Å². The zero-order valence-electron chi connectivity index (χ0n) is 31.8. The normalized spacial score (nSPS) is 16.7. The third-order valence-electron chi connectivity index (χ3n) is 8.61. The van der Waals surface area contributed by atoms with Crippen LogP contribution < -0.4 is 4.74 Å². The van der Waals surface area contributed by atoms with Crippen molar-refractivity contribution < 1.29 is 57.8 Å². The summed E-state index contributed by atoms with van der Waals surface area (Å²) in [6.07, 6.45) is -0.606. The van der Waals surface area contributed by atoms with Crippen LogP contribution in [0.4, 0.5) is 9.59 Å². The molecule has 2 atom stereocenters. The smallest absolute Gasteiger partial charge is 0.407 e. The molecule has 1 fully saturated rings. The number of aryl methyl sites for hydroxylation is 1. The van der Waals surface area contributed by atoms with Gasteiger partial charge < -0.3 is 48.4 Å². The second kappa shape index (κ2) is 23.8. The Morgan fingerprint density at radius 2 is 1.19 bits per heavy atom. The second-order valence-corrected chi connectivity index (χ2v) is 13.3. The average Bonchev–Trinajstić information content (AvgIpc) is 3.10. The first kappa shape index (κ1) is 44.5. The highest BCUT2D eigenvalue weighted by Crippen LogP contribution is 2.18. The fourth-order valence-corrected chi connectivity index (χ4v) is 5.66. The number of amides is 2. The number of carboxylic acid groups (broad SMARTS) is 2. The Labute approximate surface area is 307 Å². The molecule has 0 aliphatic carbocycles. The number of benzene rings is 1. The molecule has 16 nitrogen and oxygen atoms in total. The largest absolute Gasteiger partial charge is 0.491 e. The Kier molecular flexibility index (Phi) is 20.3. The number of carbonyl (C=O) groups excluding carboxylic acids is 2. The van der Waals surface area contributed by atoms with Crippen LogP contribution in [0, 0.1) is 0 Å². The van der Waals surface area contributed by atoms with Crippen molar-refractivity contribution in [3.8, 4) is 5.75 Å². The number of hydrogen-bond acceptors (Lipinski definition) is 12. The molecule has 2 N–H and O–H groups in total. The fraction of sp³-hybridized carbons (Fsp3) is 0.722. The molecular weight excluding hydrogens is 680 g/mol. The number of ether oxygens (including phenoxy) is 6. The lowest BCUT2D eigenvalue weighted by Gasteiger charge is -2.37. The van der Waals surface area contributed by atoms with Crippen LogP contribution in [-0.2, 0) is 39.7 Å². The summed E-state index contributed by atoms with van der Waals surface area (Å²) >= 11 is 0. The van der Waals surface area contributed by atoms with Crippen molar-refractivity contribution in [2.24, 2.45) is 0 Å². The number of methoxy groups -OCH3 is 2. The van der Waals surface area contributed by atoms with E-state index in [0.29, 0.717) is 52.3 Å². The summed E-state index contributed by atoms with van der Waals surface area (Å²) in [5.41, 5.74) is 0.493. The molecule has 1 heterocycles. The van der Waals surface area contributed by atoms with Crippen LogP contribution in [0.2, 0.25) is 0 Å². The van der Waals surface area contributed by atoms with E-state index in [1.807, 2.05) is 52.0 Å². The molecule has 16 heteroatoms. The molecule has 296 valence electrons. The standard InChI is InChI=1S/C36H60N4O12/c1-7-49-23-24-50-25-26-51-29-13-11-28(12-14-29)9-8-10-30(32(41)47-5)37-15-19-39(34(43)44)21-17-38(18-22-40(20-16-37)35(45)46)31(33(42)48-6)27-52-36(2,3)4/h11-14,30-31H,7-10,15-27H2,1-6H3,(H,43,44)(H,45,46)/t30-,31+/m0/s1. The van der Waals surface area contributed by atoms with Gasteiger partial charge in [-0.15, -0.1) is 0 Å². The van der Waals surface area contributed by atoms with E-state index >= 15 is 0 Å². The van der Waals surface area contributed by atoms with Gasteiger partial charge in [-0.2, -0.15) is 0 Å². The average molecular weight is 741 g/mol. The van der Waals surface area contributed by atoms with E-state index in [9.17, 15) is 29.4 Å². The number of nitrogens with zero attached hydrogens (tertiary/aromatic N) is 4. The molecule has 1 aliphatic heterocycles. The highest BCUT2D eigenvalue weighted by atomic mass is 16.5. The molecule has 1 saturated heterocycles. The number of rotatable bonds is 18. The summed E-state index contributed by atoms with van der Waals surface area (Å²) in [7, 11) is 2.57. The monoisotopic (exact) mass is 740 g/mol. The Hall–Kier alpha value is -3.70. The summed E-state index contributed by atoms with van der Waals surface area (Å²) in [5, 5.41) is 20.2. The maximum absolute atomic E-state index is 13.1. The van der Waals surface area contributed by atoms with Crippen molar-refractivity contribution in [2.75, 3.05) is 106 Å². The highest BCUT2D eigenvalue weighted by Gasteiger charge is 2.33. The molecule has 1 aromatic carbocycles. The summed E-state index contributed by atoms with van der Waals surface area (Å²) in [6.45, 7) is 10.8. The molecule has 52 heavy (non-hydrogen) atoms. The van der Waals surface area contributed by atoms with Crippen LogP contribution in [0.25, 0.3) is 0 Å². The minimum absolute atomic E-state index is 0.0198. The van der Waals surface area contributed by atoms with Crippen LogP contribution in [0.5, 0.6) is 5.75 Å². The van der Waals surface area contributed by atoms with Gasteiger partial charge in [-0.25, -0.2) is 9.59 Å². The Bertz CT molecular complexity index is 1180. The summed E-state index contributed by atoms with van der Waals surface area (Å²) in [5.74, 6) is -0.322. The first-order valence-electron chi connectivity index (χ1n) is 17.9. The van der Waals surface area contributed by atoms with E-state index in [4.69, 9.17) is 28.4 Å². The van der Waals surface area contributed by atoms with E-state index < -0.39 is 41.8 Å². The zero-order chi connectivity index (χ0) is 38.5. The molecule has 2 amide bonds. The first-order chi connectivity index (χ1) is 24.8. The molecule has 0 radical (unpaired) electrons. The maximum atomic E-state index is 13.1. The van der Waals surface area contributed by atoms with Crippen LogP contribution in [0.3, 0.4) is 0 Å². The van der Waals surface area contributed by atoms with Crippen LogP contribution >= 0.6 is 0 Å². The third kappa shape index (κ3) is 16.8. The van der Waals surface area contributed by atoms with Crippen molar-refractivity contribution in [2.45, 2.75) is 64.6 Å². The molecule has 0 aromatic heterocycles. The summed E-state index contributed by atoms with van der Waals surface area (Å²) in [4.78, 5) is 56.7. The SMILES string of the molecule is CCOCCOCCOc1ccc(CCC[C@@H](C(=O)OC)N2CCN(C(=O)O)CCN([C@H](COC(C)(C)C)C(=O)OC)CCN(C(=O)O)CC2)cc1. The molecule has 1 aromatic rings. The number of carbonyl (C=O) groups is 4. The van der Waals surface area contributed by atoms with Gasteiger partial charge in [-0.3, -0.25) is 19.4 Å². The van der Waals surface area contributed by atoms with Gasteiger partial charge in [0.25, 0.3) is 0 Å². The number of esters is 2. The van der Waals surface area contributed by atoms with Gasteiger partial charge in [0.15, 0.2) is 0 Å². The molecule has 1 aliphatic rings. The fourth-order valence-electron chi connectivity index (χ4n) is 5.66. The predicted molar refractivity (Wildman–Crippen MR) is 192 cm³/mol. The van der Waals surface area contributed by atoms with E-state index in [-0.39, 0.29) is 59.0 Å². The molecule has 0 bridgehead atoms. The molecule has 2 rings (SSSR count). The van der Waals surface area contributed by atoms with E-state index in [1.165, 1.54) is 24.0 Å². The van der Waals surface area contributed by atoms with Crippen LogP contribution in [-0.4, -0.2) is 178 Å². The Morgan fingerprint density at radius 1 is 0.712 bits per heavy atom. The van der Waals surface area contributed by atoms with Gasteiger partial charge in [0.2, 0.25) is 0 Å². The molecule has 0 unspecified atom stereocenters. The lowest BCUT2D eigenvalue weighted by atomic mass is 10.0. The van der Waals surface area contributed by atoms with Crippen molar-refractivity contribution in [3.05, 3.63) is 29.8 Å². The minimum Gasteiger partial charge on any atom is -0.491 e. The number of hydrogen-bond donors (Lipinski definition) is 2. The summed E-state index contributed by atoms with van der Waals surface area (Å²) in [6, 6.07) is 6.10. The van der Waals surface area contributed by atoms with Gasteiger partial charge in [0.05, 0.1) is 46.2 Å². The van der Waals surface area contributed by atoms with Gasteiger partial charge in [0.1, 0.15) is 24.4 Å². The lowest BCUT2D eigenvalue weighted by Crippen LogP contribution is -2.55. The lowest BCUT2D eigenvalue weighted by molar-refractivity contribution is -0.152. The minimum atomic E-state index is -1.15. The topological polar surface area (TPSA) is 177 Å². The van der Waals surface area contributed by atoms with Crippen molar-refractivity contribution in [1.82, 2.24) is 19.6 Å². The molecular formula is C36H60N4O12.